The predicted octanol–water partition coefficient (Wildman–Crippen LogP) is 2.68. The molecule has 2 saturated heterocycles. The number of thioether (sulfide) groups is 1. The van der Waals surface area contributed by atoms with Gasteiger partial charge in [-0.2, -0.15) is 11.8 Å². The zero-order chi connectivity index (χ0) is 11.3. The third kappa shape index (κ3) is 3.38. The molecule has 0 bridgehead atoms. The Morgan fingerprint density at radius 1 is 1.38 bits per heavy atom. The molecule has 0 aromatic heterocycles. The van der Waals surface area contributed by atoms with Crippen molar-refractivity contribution >= 4 is 11.8 Å². The van der Waals surface area contributed by atoms with Gasteiger partial charge in [0.05, 0.1) is 5.60 Å². The van der Waals surface area contributed by atoms with Gasteiger partial charge in [0.2, 0.25) is 0 Å². The van der Waals surface area contributed by atoms with Gasteiger partial charge in [0.1, 0.15) is 0 Å². The first kappa shape index (κ1) is 12.7. The summed E-state index contributed by atoms with van der Waals surface area (Å²) in [7, 11) is 2.05. The summed E-state index contributed by atoms with van der Waals surface area (Å²) in [5.41, 5.74) is 0.286. The first-order valence-corrected chi connectivity index (χ1v) is 7.86. The van der Waals surface area contributed by atoms with E-state index in [1.54, 1.807) is 0 Å². The smallest absolute Gasteiger partial charge is 0.0700 e. The second-order valence-corrected chi connectivity index (χ2v) is 6.47. The third-order valence-electron chi connectivity index (χ3n) is 4.04. The SMILES string of the molecule is CNCCCC1CCOC2(CCSCC2)C1. The van der Waals surface area contributed by atoms with Crippen LogP contribution in [0.15, 0.2) is 0 Å². The minimum atomic E-state index is 0.286. The maximum atomic E-state index is 6.11. The molecule has 0 aliphatic carbocycles. The quantitative estimate of drug-likeness (QED) is 0.767. The van der Waals surface area contributed by atoms with Crippen LogP contribution in [0.2, 0.25) is 0 Å². The topological polar surface area (TPSA) is 21.3 Å². The Kier molecular flexibility index (Phi) is 4.98. The van der Waals surface area contributed by atoms with Gasteiger partial charge in [0.25, 0.3) is 0 Å². The molecule has 1 unspecified atom stereocenters. The van der Waals surface area contributed by atoms with Gasteiger partial charge in [-0.15, -0.1) is 0 Å². The number of nitrogens with one attached hydrogen (secondary N) is 1. The summed E-state index contributed by atoms with van der Waals surface area (Å²) in [6.45, 7) is 2.18. The first-order valence-electron chi connectivity index (χ1n) is 6.71. The Bertz CT molecular complexity index is 199. The van der Waals surface area contributed by atoms with Crippen molar-refractivity contribution in [2.45, 2.75) is 44.1 Å². The van der Waals surface area contributed by atoms with Gasteiger partial charge in [-0.1, -0.05) is 0 Å². The van der Waals surface area contributed by atoms with E-state index in [9.17, 15) is 0 Å². The van der Waals surface area contributed by atoms with Crippen LogP contribution < -0.4 is 5.32 Å². The molecule has 2 nitrogen and oxygen atoms in total. The lowest BCUT2D eigenvalue weighted by molar-refractivity contribution is -0.103. The van der Waals surface area contributed by atoms with Crippen molar-refractivity contribution in [1.29, 1.82) is 0 Å². The highest BCUT2D eigenvalue weighted by Crippen LogP contribution is 2.40. The minimum Gasteiger partial charge on any atom is -0.375 e. The van der Waals surface area contributed by atoms with Gasteiger partial charge in [0, 0.05) is 6.61 Å². The van der Waals surface area contributed by atoms with Crippen LogP contribution in [0, 0.1) is 5.92 Å². The summed E-state index contributed by atoms with van der Waals surface area (Å²) in [6.07, 6.45) is 7.92. The molecule has 0 aromatic rings. The molecular weight excluding hydrogens is 218 g/mol. The van der Waals surface area contributed by atoms with E-state index < -0.39 is 0 Å². The maximum absolute atomic E-state index is 6.11. The monoisotopic (exact) mass is 243 g/mol. The molecule has 2 heterocycles. The highest BCUT2D eigenvalue weighted by atomic mass is 32.2. The second-order valence-electron chi connectivity index (χ2n) is 5.25. The molecule has 0 radical (unpaired) electrons. The Morgan fingerprint density at radius 3 is 2.94 bits per heavy atom. The van der Waals surface area contributed by atoms with Crippen LogP contribution in [-0.2, 0) is 4.74 Å². The van der Waals surface area contributed by atoms with Crippen LogP contribution in [0.25, 0.3) is 0 Å². The van der Waals surface area contributed by atoms with Crippen LogP contribution in [0.3, 0.4) is 0 Å². The van der Waals surface area contributed by atoms with Gasteiger partial charge in [-0.3, -0.25) is 0 Å². The number of ether oxygens (including phenoxy) is 1. The van der Waals surface area contributed by atoms with Crippen molar-refractivity contribution in [1.82, 2.24) is 5.32 Å². The van der Waals surface area contributed by atoms with E-state index in [2.05, 4.69) is 17.1 Å². The van der Waals surface area contributed by atoms with E-state index in [1.807, 2.05) is 7.05 Å². The van der Waals surface area contributed by atoms with Crippen molar-refractivity contribution in [3.63, 3.8) is 0 Å². The minimum absolute atomic E-state index is 0.286. The molecule has 16 heavy (non-hydrogen) atoms. The number of hydrogen-bond acceptors (Lipinski definition) is 3. The average Bonchev–Trinajstić information content (AvgIpc) is 2.31. The largest absolute Gasteiger partial charge is 0.375 e. The standard InChI is InChI=1S/C13H25NOS/c1-14-7-2-3-12-4-8-15-13(11-12)5-9-16-10-6-13/h12,14H,2-11H2,1H3. The molecule has 94 valence electrons. The fourth-order valence-electron chi connectivity index (χ4n) is 3.03. The summed E-state index contributed by atoms with van der Waals surface area (Å²) in [5.74, 6) is 3.54. The van der Waals surface area contributed by atoms with Crippen molar-refractivity contribution in [2.75, 3.05) is 31.7 Å². The van der Waals surface area contributed by atoms with E-state index in [0.29, 0.717) is 0 Å². The average molecular weight is 243 g/mol. The van der Waals surface area contributed by atoms with E-state index >= 15 is 0 Å². The summed E-state index contributed by atoms with van der Waals surface area (Å²) >= 11 is 2.10. The molecule has 2 aliphatic heterocycles. The van der Waals surface area contributed by atoms with Crippen LogP contribution in [0.5, 0.6) is 0 Å². The molecule has 0 saturated carbocycles. The van der Waals surface area contributed by atoms with E-state index in [1.165, 1.54) is 56.6 Å². The Balaban J connectivity index is 1.78. The van der Waals surface area contributed by atoms with E-state index in [0.717, 1.165) is 12.5 Å². The summed E-state index contributed by atoms with van der Waals surface area (Å²) in [5, 5.41) is 3.24. The van der Waals surface area contributed by atoms with Crippen LogP contribution in [0.4, 0.5) is 0 Å². The normalized spacial score (nSPS) is 29.4. The first-order chi connectivity index (χ1) is 7.85. The van der Waals surface area contributed by atoms with Gasteiger partial charge in [0.15, 0.2) is 0 Å². The van der Waals surface area contributed by atoms with Crippen molar-refractivity contribution in [2.24, 2.45) is 5.92 Å². The van der Waals surface area contributed by atoms with Gasteiger partial charge < -0.3 is 10.1 Å². The van der Waals surface area contributed by atoms with E-state index in [4.69, 9.17) is 4.74 Å². The molecule has 0 aromatic carbocycles. The molecule has 1 spiro atoms. The third-order valence-corrected chi connectivity index (χ3v) is 5.02. The molecule has 1 N–H and O–H groups in total. The predicted molar refractivity (Wildman–Crippen MR) is 71.1 cm³/mol. The lowest BCUT2D eigenvalue weighted by Gasteiger charge is -2.43. The fraction of sp³-hybridized carbons (Fsp3) is 1.00. The van der Waals surface area contributed by atoms with Crippen molar-refractivity contribution in [3.8, 4) is 0 Å². The Hall–Kier alpha value is 0.270. The summed E-state index contributed by atoms with van der Waals surface area (Å²) in [6, 6.07) is 0. The fourth-order valence-corrected chi connectivity index (χ4v) is 4.27. The maximum Gasteiger partial charge on any atom is 0.0700 e. The van der Waals surface area contributed by atoms with Gasteiger partial charge >= 0.3 is 0 Å². The van der Waals surface area contributed by atoms with Gasteiger partial charge in [-0.25, -0.2) is 0 Å². The van der Waals surface area contributed by atoms with E-state index in [-0.39, 0.29) is 5.60 Å². The van der Waals surface area contributed by atoms with Crippen LogP contribution >= 0.6 is 11.8 Å². The zero-order valence-corrected chi connectivity index (χ0v) is 11.3. The second kappa shape index (κ2) is 6.27. The number of hydrogen-bond donors (Lipinski definition) is 1. The molecule has 2 aliphatic rings. The number of rotatable bonds is 4. The van der Waals surface area contributed by atoms with Crippen molar-refractivity contribution in [3.05, 3.63) is 0 Å². The molecule has 0 amide bonds. The molecule has 1 atom stereocenters. The summed E-state index contributed by atoms with van der Waals surface area (Å²) in [4.78, 5) is 0. The molecule has 2 rings (SSSR count). The molecular formula is C13H25NOS. The highest BCUT2D eigenvalue weighted by molar-refractivity contribution is 7.99. The lowest BCUT2D eigenvalue weighted by Crippen LogP contribution is -2.42. The molecule has 2 fully saturated rings. The van der Waals surface area contributed by atoms with Crippen LogP contribution in [-0.4, -0.2) is 37.3 Å². The Labute approximate surface area is 104 Å². The molecule has 3 heteroatoms. The van der Waals surface area contributed by atoms with Gasteiger partial charge in [-0.05, 0) is 69.5 Å². The van der Waals surface area contributed by atoms with Crippen molar-refractivity contribution < 1.29 is 4.74 Å². The summed E-state index contributed by atoms with van der Waals surface area (Å²) < 4.78 is 6.11. The van der Waals surface area contributed by atoms with Crippen LogP contribution in [0.1, 0.15) is 38.5 Å². The highest BCUT2D eigenvalue weighted by Gasteiger charge is 2.38. The Morgan fingerprint density at radius 2 is 2.19 bits per heavy atom. The zero-order valence-electron chi connectivity index (χ0n) is 10.5. The lowest BCUT2D eigenvalue weighted by atomic mass is 9.80.